The lowest BCUT2D eigenvalue weighted by Gasteiger charge is -2.34. The minimum Gasteiger partial charge on any atom is -0.390 e. The molecule has 1 aliphatic heterocycles. The summed E-state index contributed by atoms with van der Waals surface area (Å²) < 4.78 is 0. The van der Waals surface area contributed by atoms with Crippen LogP contribution in [-0.4, -0.2) is 85.2 Å². The number of β-amino-alcohol motifs (C(OH)–C–C–N with tert-alkyl or cyclic N) is 1. The number of thiophene rings is 1. The van der Waals surface area contributed by atoms with Crippen LogP contribution in [0.15, 0.2) is 6.07 Å². The Labute approximate surface area is 137 Å². The number of piperazine rings is 1. The molecule has 22 heavy (non-hydrogen) atoms. The monoisotopic (exact) mass is 325 g/mol. The molecule has 5 nitrogen and oxygen atoms in total. The van der Waals surface area contributed by atoms with Gasteiger partial charge in [-0.05, 0) is 32.5 Å². The summed E-state index contributed by atoms with van der Waals surface area (Å²) in [5.74, 6) is -0.00127. The minimum atomic E-state index is -0.500. The fourth-order valence-electron chi connectivity index (χ4n) is 2.65. The summed E-state index contributed by atoms with van der Waals surface area (Å²) >= 11 is 1.52. The van der Waals surface area contributed by atoms with Crippen molar-refractivity contribution in [2.75, 3.05) is 53.4 Å². The number of hydrogen-bond acceptors (Lipinski definition) is 5. The van der Waals surface area contributed by atoms with Crippen molar-refractivity contribution in [2.24, 2.45) is 0 Å². The Bertz CT molecular complexity index is 490. The molecule has 0 radical (unpaired) electrons. The van der Waals surface area contributed by atoms with Crippen LogP contribution in [-0.2, 0) is 0 Å². The highest BCUT2D eigenvalue weighted by Gasteiger charge is 2.21. The van der Waals surface area contributed by atoms with Crippen LogP contribution in [0.1, 0.15) is 20.1 Å². The average Bonchev–Trinajstić information content (AvgIpc) is 2.80. The summed E-state index contributed by atoms with van der Waals surface area (Å²) in [5.41, 5.74) is 1.15. The van der Waals surface area contributed by atoms with E-state index >= 15 is 0 Å². The molecule has 0 spiro atoms. The topological polar surface area (TPSA) is 47.0 Å². The predicted octanol–water partition coefficient (Wildman–Crippen LogP) is 1.05. The van der Waals surface area contributed by atoms with Gasteiger partial charge in [-0.1, -0.05) is 0 Å². The second-order valence-electron chi connectivity index (χ2n) is 6.29. The Morgan fingerprint density at radius 3 is 2.55 bits per heavy atom. The lowest BCUT2D eigenvalue weighted by molar-refractivity contribution is 0.0504. The number of hydrogen-bond donors (Lipinski definition) is 1. The maximum atomic E-state index is 12.4. The van der Waals surface area contributed by atoms with Gasteiger partial charge < -0.3 is 14.9 Å². The number of rotatable bonds is 5. The summed E-state index contributed by atoms with van der Waals surface area (Å²) in [6.07, 6.45) is -0.500. The van der Waals surface area contributed by atoms with Gasteiger partial charge in [-0.3, -0.25) is 9.69 Å². The molecule has 0 aliphatic carbocycles. The molecule has 2 rings (SSSR count). The molecule has 1 aromatic heterocycles. The third-order valence-electron chi connectivity index (χ3n) is 4.27. The number of aliphatic hydroxyl groups is 1. The van der Waals surface area contributed by atoms with E-state index < -0.39 is 6.10 Å². The van der Waals surface area contributed by atoms with Gasteiger partial charge in [0.1, 0.15) is 0 Å². The number of carbonyl (C=O) groups excluding carboxylic acids is 1. The van der Waals surface area contributed by atoms with Crippen molar-refractivity contribution < 1.29 is 9.90 Å². The van der Waals surface area contributed by atoms with Crippen LogP contribution in [0.3, 0.4) is 0 Å². The highest BCUT2D eigenvalue weighted by molar-refractivity contribution is 7.14. The van der Waals surface area contributed by atoms with Crippen molar-refractivity contribution in [3.05, 3.63) is 21.4 Å². The Morgan fingerprint density at radius 2 is 2.00 bits per heavy atom. The molecule has 0 saturated carbocycles. The molecule has 2 heterocycles. The third kappa shape index (κ3) is 4.52. The average molecular weight is 325 g/mol. The molecule has 1 aliphatic rings. The molecule has 6 heteroatoms. The number of carbonyl (C=O) groups is 1. The third-order valence-corrected chi connectivity index (χ3v) is 5.41. The molecular weight excluding hydrogens is 298 g/mol. The molecule has 124 valence electrons. The summed E-state index contributed by atoms with van der Waals surface area (Å²) in [7, 11) is 3.88. The minimum absolute atomic E-state index is 0.00127. The Balaban J connectivity index is 1.82. The molecule has 1 amide bonds. The smallest absolute Gasteiger partial charge is 0.263 e. The number of nitrogens with zero attached hydrogens (tertiary/aromatic N) is 3. The summed E-state index contributed by atoms with van der Waals surface area (Å²) in [5, 5.41) is 10.2. The molecule has 0 aromatic carbocycles. The van der Waals surface area contributed by atoms with Crippen molar-refractivity contribution in [1.29, 1.82) is 0 Å². The van der Waals surface area contributed by atoms with Crippen molar-refractivity contribution >= 4 is 17.2 Å². The van der Waals surface area contributed by atoms with E-state index in [4.69, 9.17) is 0 Å². The lowest BCUT2D eigenvalue weighted by atomic mass is 10.2. The number of aryl methyl sites for hydroxylation is 2. The standard InChI is InChI=1S/C16H27N3O2S/c1-12-9-15(22-13(12)2)16(21)18(4)10-14(20)11-19-7-5-17(3)6-8-19/h9,14,20H,5-8,10-11H2,1-4H3. The van der Waals surface area contributed by atoms with Gasteiger partial charge in [-0.15, -0.1) is 11.3 Å². The zero-order valence-electron chi connectivity index (χ0n) is 14.0. The van der Waals surface area contributed by atoms with E-state index in [1.54, 1.807) is 11.9 Å². The van der Waals surface area contributed by atoms with E-state index in [1.165, 1.54) is 16.2 Å². The Kier molecular flexibility index (Phi) is 5.97. The van der Waals surface area contributed by atoms with Crippen LogP contribution in [0.4, 0.5) is 0 Å². The molecule has 0 bridgehead atoms. The Morgan fingerprint density at radius 1 is 1.36 bits per heavy atom. The predicted molar refractivity (Wildman–Crippen MR) is 90.7 cm³/mol. The van der Waals surface area contributed by atoms with Crippen LogP contribution in [0.25, 0.3) is 0 Å². The van der Waals surface area contributed by atoms with Gasteiger partial charge >= 0.3 is 0 Å². The quantitative estimate of drug-likeness (QED) is 0.879. The van der Waals surface area contributed by atoms with Crippen molar-refractivity contribution in [1.82, 2.24) is 14.7 Å². The van der Waals surface area contributed by atoms with Gasteiger partial charge in [0.25, 0.3) is 5.91 Å². The van der Waals surface area contributed by atoms with Crippen molar-refractivity contribution in [2.45, 2.75) is 20.0 Å². The largest absolute Gasteiger partial charge is 0.390 e. The first kappa shape index (κ1) is 17.4. The highest BCUT2D eigenvalue weighted by Crippen LogP contribution is 2.21. The van der Waals surface area contributed by atoms with E-state index in [0.717, 1.165) is 36.6 Å². The zero-order chi connectivity index (χ0) is 16.3. The second kappa shape index (κ2) is 7.55. The van der Waals surface area contributed by atoms with Gasteiger partial charge in [0.2, 0.25) is 0 Å². The molecular formula is C16H27N3O2S. The second-order valence-corrected chi connectivity index (χ2v) is 7.55. The van der Waals surface area contributed by atoms with E-state index in [-0.39, 0.29) is 5.91 Å². The first-order valence-electron chi connectivity index (χ1n) is 7.78. The molecule has 1 aromatic rings. The highest BCUT2D eigenvalue weighted by atomic mass is 32.1. The molecule has 1 unspecified atom stereocenters. The lowest BCUT2D eigenvalue weighted by Crippen LogP contribution is -2.48. The number of amides is 1. The zero-order valence-corrected chi connectivity index (χ0v) is 14.8. The SMILES string of the molecule is Cc1cc(C(=O)N(C)CC(O)CN2CCN(C)CC2)sc1C. The molecule has 1 N–H and O–H groups in total. The van der Waals surface area contributed by atoms with Gasteiger partial charge in [-0.2, -0.15) is 0 Å². The van der Waals surface area contributed by atoms with E-state index in [0.29, 0.717) is 13.1 Å². The summed E-state index contributed by atoms with van der Waals surface area (Å²) in [6.45, 7) is 9.09. The van der Waals surface area contributed by atoms with Crippen LogP contribution < -0.4 is 0 Å². The van der Waals surface area contributed by atoms with Gasteiger partial charge in [0.05, 0.1) is 11.0 Å². The first-order chi connectivity index (χ1) is 10.4. The fraction of sp³-hybridized carbons (Fsp3) is 0.688. The number of likely N-dealkylation sites (N-methyl/N-ethyl adjacent to an activating group) is 2. The van der Waals surface area contributed by atoms with E-state index in [9.17, 15) is 9.90 Å². The van der Waals surface area contributed by atoms with Crippen LogP contribution in [0, 0.1) is 13.8 Å². The van der Waals surface area contributed by atoms with Crippen molar-refractivity contribution in [3.8, 4) is 0 Å². The van der Waals surface area contributed by atoms with Gasteiger partial charge in [-0.25, -0.2) is 0 Å². The van der Waals surface area contributed by atoms with E-state index in [1.807, 2.05) is 19.9 Å². The normalized spacial score (nSPS) is 18.4. The molecule has 1 saturated heterocycles. The fourth-order valence-corrected chi connectivity index (χ4v) is 3.68. The maximum Gasteiger partial charge on any atom is 0.263 e. The van der Waals surface area contributed by atoms with Crippen LogP contribution in [0.2, 0.25) is 0 Å². The van der Waals surface area contributed by atoms with E-state index in [2.05, 4.69) is 16.8 Å². The summed E-state index contributed by atoms with van der Waals surface area (Å²) in [4.78, 5) is 20.5. The van der Waals surface area contributed by atoms with Crippen LogP contribution >= 0.6 is 11.3 Å². The Hall–Kier alpha value is -0.950. The maximum absolute atomic E-state index is 12.4. The van der Waals surface area contributed by atoms with Gasteiger partial charge in [0.15, 0.2) is 0 Å². The van der Waals surface area contributed by atoms with Gasteiger partial charge in [0, 0.05) is 51.2 Å². The first-order valence-corrected chi connectivity index (χ1v) is 8.60. The molecule has 1 atom stereocenters. The van der Waals surface area contributed by atoms with Crippen molar-refractivity contribution in [3.63, 3.8) is 0 Å². The summed E-state index contributed by atoms with van der Waals surface area (Å²) in [6, 6.07) is 1.94. The molecule has 1 fully saturated rings. The number of aliphatic hydroxyl groups excluding tert-OH is 1. The van der Waals surface area contributed by atoms with Crippen LogP contribution in [0.5, 0.6) is 0 Å².